The van der Waals surface area contributed by atoms with Crippen LogP contribution >= 0.6 is 0 Å². The molecule has 0 saturated carbocycles. The second kappa shape index (κ2) is 17.5. The van der Waals surface area contributed by atoms with E-state index in [1.54, 1.807) is 55.4 Å². The first-order valence-corrected chi connectivity index (χ1v) is 18.7. The Hall–Kier alpha value is -1.50. The predicted octanol–water partition coefficient (Wildman–Crippen LogP) is 2.05. The number of aliphatic hydroxyl groups excluding tert-OH is 3. The molecule has 6 N–H and O–H groups in total. The van der Waals surface area contributed by atoms with Crippen molar-refractivity contribution in [2.24, 2.45) is 28.8 Å². The molecule has 0 amide bonds. The highest BCUT2D eigenvalue weighted by atomic mass is 16.7. The summed E-state index contributed by atoms with van der Waals surface area (Å²) in [4.78, 5) is 16.0. The minimum Gasteiger partial charge on any atom is -0.459 e. The molecule has 3 rings (SSSR count). The molecule has 0 spiro atoms. The van der Waals surface area contributed by atoms with Gasteiger partial charge in [-0.05, 0) is 74.9 Å². The maximum Gasteiger partial charge on any atom is 0.311 e. The summed E-state index contributed by atoms with van der Waals surface area (Å²) >= 11 is 0. The Kier molecular flexibility index (Phi) is 15.1. The summed E-state index contributed by atoms with van der Waals surface area (Å²) in [5, 5.41) is 71.8. The van der Waals surface area contributed by atoms with Crippen LogP contribution in [0.2, 0.25) is 0 Å². The lowest BCUT2D eigenvalue weighted by Crippen LogP contribution is -2.61. The lowest BCUT2D eigenvalue weighted by molar-refractivity contribution is -0.317. The van der Waals surface area contributed by atoms with Gasteiger partial charge in [-0.1, -0.05) is 32.9 Å². The van der Waals surface area contributed by atoms with Gasteiger partial charge in [0.2, 0.25) is 0 Å². The van der Waals surface area contributed by atoms with Crippen LogP contribution in [0, 0.1) is 23.7 Å². The third-order valence-electron chi connectivity index (χ3n) is 12.0. The average molecular weight is 749 g/mol. The van der Waals surface area contributed by atoms with Gasteiger partial charge in [0.05, 0.1) is 53.4 Å². The van der Waals surface area contributed by atoms with Crippen molar-refractivity contribution in [2.45, 2.75) is 179 Å². The molecule has 0 aromatic rings. The number of likely N-dealkylation sites (N-methyl/N-ethyl adjacent to an activating group) is 1. The van der Waals surface area contributed by atoms with Gasteiger partial charge in [-0.15, -0.1) is 0 Å². The van der Waals surface area contributed by atoms with Crippen molar-refractivity contribution >= 4 is 11.7 Å². The number of ether oxygens (including phenoxy) is 6. The van der Waals surface area contributed by atoms with Gasteiger partial charge < -0.3 is 64.1 Å². The number of oxime groups is 1. The van der Waals surface area contributed by atoms with Gasteiger partial charge in [-0.2, -0.15) is 0 Å². The van der Waals surface area contributed by atoms with Gasteiger partial charge in [0.1, 0.15) is 23.9 Å². The van der Waals surface area contributed by atoms with E-state index in [0.29, 0.717) is 6.42 Å². The lowest BCUT2D eigenvalue weighted by atomic mass is 9.73. The first-order valence-electron chi connectivity index (χ1n) is 18.7. The van der Waals surface area contributed by atoms with E-state index in [1.165, 1.54) is 14.0 Å². The van der Waals surface area contributed by atoms with E-state index in [1.807, 2.05) is 25.9 Å². The van der Waals surface area contributed by atoms with Crippen LogP contribution in [0.5, 0.6) is 0 Å². The number of hydrogen-bond acceptors (Lipinski definition) is 15. The SMILES string of the molecule is CC[C@@H]1OC(=O)[C@@H](C)[C@H](O[C@@H]2C[C@](C)(OC)[C@H](O)[C@@H](C)O2)[C@@H](C)[C@H](O[C@H]2O[C@@H](C)C[C@@H](N(C)C)[C@@H]2O)[C@@](C)(O)C[C@H](C)C(=NO)[C@@H](C)[C@H](O)[C@@]1(C)O. The number of methoxy groups -OCH3 is 1. The Bertz CT molecular complexity index is 1200. The fourth-order valence-electron chi connectivity index (χ4n) is 8.61. The maximum atomic E-state index is 14.1. The molecule has 3 fully saturated rings. The van der Waals surface area contributed by atoms with Crippen LogP contribution in [0.25, 0.3) is 0 Å². The third kappa shape index (κ3) is 9.47. The van der Waals surface area contributed by atoms with Gasteiger partial charge in [0, 0.05) is 37.3 Å². The van der Waals surface area contributed by atoms with Crippen LogP contribution in [-0.4, -0.2) is 153 Å². The molecule has 3 aliphatic rings. The number of carbonyl (C=O) groups is 1. The zero-order valence-electron chi connectivity index (χ0n) is 33.4. The number of esters is 1. The van der Waals surface area contributed by atoms with Crippen molar-refractivity contribution in [3.63, 3.8) is 0 Å². The van der Waals surface area contributed by atoms with E-state index >= 15 is 0 Å². The van der Waals surface area contributed by atoms with Gasteiger partial charge in [-0.3, -0.25) is 4.79 Å². The molecular formula is C37H68N2O13. The van der Waals surface area contributed by atoms with E-state index in [2.05, 4.69) is 5.16 Å². The molecule has 52 heavy (non-hydrogen) atoms. The molecule has 0 aromatic heterocycles. The second-order valence-electron chi connectivity index (χ2n) is 16.6. The molecule has 0 radical (unpaired) electrons. The van der Waals surface area contributed by atoms with Crippen LogP contribution in [0.3, 0.4) is 0 Å². The molecular weight excluding hydrogens is 680 g/mol. The molecule has 15 nitrogen and oxygen atoms in total. The normalized spacial score (nSPS) is 49.8. The van der Waals surface area contributed by atoms with E-state index < -0.39 is 102 Å². The van der Waals surface area contributed by atoms with Gasteiger partial charge in [-0.25, -0.2) is 0 Å². The van der Waals surface area contributed by atoms with Crippen molar-refractivity contribution in [2.75, 3.05) is 21.2 Å². The minimum atomic E-state index is -1.97. The zero-order valence-corrected chi connectivity index (χ0v) is 33.4. The Morgan fingerprint density at radius 2 is 1.54 bits per heavy atom. The summed E-state index contributed by atoms with van der Waals surface area (Å²) in [6.45, 7) is 16.6. The van der Waals surface area contributed by atoms with Crippen molar-refractivity contribution in [3.8, 4) is 0 Å². The van der Waals surface area contributed by atoms with E-state index in [-0.39, 0.29) is 37.1 Å². The molecule has 3 aliphatic heterocycles. The van der Waals surface area contributed by atoms with Crippen molar-refractivity contribution < 1.29 is 64.0 Å². The molecule has 3 saturated heterocycles. The fourth-order valence-corrected chi connectivity index (χ4v) is 8.61. The Labute approximate surface area is 309 Å². The molecule has 0 aliphatic carbocycles. The third-order valence-corrected chi connectivity index (χ3v) is 12.0. The monoisotopic (exact) mass is 748 g/mol. The van der Waals surface area contributed by atoms with Crippen LogP contribution < -0.4 is 0 Å². The smallest absolute Gasteiger partial charge is 0.311 e. The molecule has 304 valence electrons. The predicted molar refractivity (Wildman–Crippen MR) is 190 cm³/mol. The van der Waals surface area contributed by atoms with Crippen LogP contribution in [0.15, 0.2) is 5.16 Å². The summed E-state index contributed by atoms with van der Waals surface area (Å²) in [5.41, 5.74) is -4.68. The van der Waals surface area contributed by atoms with Crippen LogP contribution in [0.4, 0.5) is 0 Å². The molecule has 18 atom stereocenters. The Balaban J connectivity index is 2.21. The number of hydrogen-bond donors (Lipinski definition) is 6. The molecule has 0 aromatic carbocycles. The Morgan fingerprint density at radius 3 is 2.08 bits per heavy atom. The largest absolute Gasteiger partial charge is 0.459 e. The molecule has 15 heteroatoms. The number of nitrogens with zero attached hydrogens (tertiary/aromatic N) is 2. The summed E-state index contributed by atoms with van der Waals surface area (Å²) in [6.07, 6.45) is -9.51. The number of aliphatic hydroxyl groups is 5. The summed E-state index contributed by atoms with van der Waals surface area (Å²) in [7, 11) is 5.19. The van der Waals surface area contributed by atoms with Crippen molar-refractivity contribution in [1.29, 1.82) is 0 Å². The maximum absolute atomic E-state index is 14.1. The number of carbonyl (C=O) groups excluding carboxylic acids is 1. The second-order valence-corrected chi connectivity index (χ2v) is 16.6. The van der Waals surface area contributed by atoms with Gasteiger partial charge >= 0.3 is 5.97 Å². The standard InChI is InChI=1S/C37H68N2O13/c1-14-25-37(10,45)30(41)20(4)27(38-46)18(2)16-35(8,44)32(52-34-28(40)24(39(11)12)15-19(3)48-34)21(5)29(22(6)33(43)50-25)51-26-17-36(9,47-13)31(42)23(7)49-26/h18-26,28-32,34,40-42,44-46H,14-17H2,1-13H3/t18-,19-,20+,21+,22-,23+,24+,25-,26+,28-,29+,30-,31+,32-,34+,35-,36-,37-/m0/s1. The van der Waals surface area contributed by atoms with Gasteiger partial charge in [0.15, 0.2) is 12.6 Å². The Morgan fingerprint density at radius 1 is 0.923 bits per heavy atom. The van der Waals surface area contributed by atoms with Gasteiger partial charge in [0.25, 0.3) is 0 Å². The minimum absolute atomic E-state index is 0.0657. The first-order chi connectivity index (χ1) is 24.0. The highest BCUT2D eigenvalue weighted by Gasteiger charge is 2.53. The zero-order chi connectivity index (χ0) is 39.7. The molecule has 0 bridgehead atoms. The van der Waals surface area contributed by atoms with E-state index in [4.69, 9.17) is 28.4 Å². The number of cyclic esters (lactones) is 1. The van der Waals surface area contributed by atoms with Crippen LogP contribution in [-0.2, 0) is 33.2 Å². The lowest BCUT2D eigenvalue weighted by Gasteiger charge is -2.49. The number of rotatable bonds is 7. The topological polar surface area (TPSA) is 209 Å². The van der Waals surface area contributed by atoms with Crippen molar-refractivity contribution in [1.82, 2.24) is 4.90 Å². The molecule has 3 heterocycles. The summed E-state index contributed by atoms with van der Waals surface area (Å²) < 4.78 is 37.2. The average Bonchev–Trinajstić information content (AvgIpc) is 3.06. The van der Waals surface area contributed by atoms with Crippen LogP contribution in [0.1, 0.15) is 94.9 Å². The van der Waals surface area contributed by atoms with E-state index in [9.17, 15) is 35.5 Å². The highest BCUT2D eigenvalue weighted by Crippen LogP contribution is 2.41. The van der Waals surface area contributed by atoms with E-state index in [0.717, 1.165) is 0 Å². The first kappa shape index (κ1) is 44.9. The summed E-state index contributed by atoms with van der Waals surface area (Å²) in [6, 6.07) is -0.322. The summed E-state index contributed by atoms with van der Waals surface area (Å²) in [5.74, 6) is -4.24. The quantitative estimate of drug-likeness (QED) is 0.125. The van der Waals surface area contributed by atoms with Crippen molar-refractivity contribution in [3.05, 3.63) is 0 Å². The molecule has 0 unspecified atom stereocenters. The fraction of sp³-hybridized carbons (Fsp3) is 0.946. The highest BCUT2D eigenvalue weighted by molar-refractivity contribution is 5.88.